The molecule has 96 valence electrons. The number of thiocarbonyl (C=S) groups is 1. The monoisotopic (exact) mass is 263 g/mol. The number of rotatable bonds is 2. The molecule has 0 atom stereocenters. The number of likely N-dealkylation sites (tertiary alicyclic amines) is 1. The zero-order chi connectivity index (χ0) is 12.6. The highest BCUT2D eigenvalue weighted by molar-refractivity contribution is 7.80. The molecule has 0 amide bonds. The van der Waals surface area contributed by atoms with E-state index in [1.54, 1.807) is 12.4 Å². The maximum Gasteiger partial charge on any atom is 0.189 e. The van der Waals surface area contributed by atoms with Crippen LogP contribution in [0.3, 0.4) is 0 Å². The van der Waals surface area contributed by atoms with Crippen molar-refractivity contribution < 1.29 is 0 Å². The van der Waals surface area contributed by atoms with Crippen LogP contribution in [0, 0.1) is 0 Å². The zero-order valence-corrected chi connectivity index (χ0v) is 11.1. The minimum absolute atomic E-state index is 0.692. The molecule has 0 saturated carbocycles. The third-order valence-electron chi connectivity index (χ3n) is 2.84. The van der Waals surface area contributed by atoms with Gasteiger partial charge in [-0.15, -0.1) is 5.10 Å². The summed E-state index contributed by atoms with van der Waals surface area (Å²) in [7, 11) is 0. The van der Waals surface area contributed by atoms with Gasteiger partial charge in [0.15, 0.2) is 5.11 Å². The van der Waals surface area contributed by atoms with Crippen LogP contribution >= 0.6 is 12.2 Å². The number of hydrogen-bond donors (Lipinski definition) is 1. The summed E-state index contributed by atoms with van der Waals surface area (Å²) in [6.07, 6.45) is 8.25. The Morgan fingerprint density at radius 2 is 2.11 bits per heavy atom. The molecule has 1 saturated heterocycles. The Labute approximate surface area is 112 Å². The minimum Gasteiger partial charge on any atom is -0.348 e. The maximum atomic E-state index is 5.31. The van der Waals surface area contributed by atoms with Crippen LogP contribution in [-0.2, 0) is 0 Å². The molecule has 6 heteroatoms. The number of hydrazone groups is 1. The highest BCUT2D eigenvalue weighted by atomic mass is 32.1. The lowest BCUT2D eigenvalue weighted by Crippen LogP contribution is -2.38. The van der Waals surface area contributed by atoms with Gasteiger partial charge in [-0.05, 0) is 37.2 Å². The van der Waals surface area contributed by atoms with E-state index in [1.807, 2.05) is 12.1 Å². The molecule has 1 aromatic heterocycles. The molecule has 0 aliphatic carbocycles. The van der Waals surface area contributed by atoms with Gasteiger partial charge < -0.3 is 4.90 Å². The lowest BCUT2D eigenvalue weighted by Gasteiger charge is -2.21. The standard InChI is InChI=1S/C12H17N5S/c18-12(17-8-3-1-2-4-9-17)16-14-10-11-6-5-7-13-15-11/h5-7,10H,1-4,8-9H2,(H,16,18)/b14-10+. The van der Waals surface area contributed by atoms with Crippen LogP contribution in [0.15, 0.2) is 23.4 Å². The largest absolute Gasteiger partial charge is 0.348 e. The van der Waals surface area contributed by atoms with Crippen LogP contribution in [0.4, 0.5) is 0 Å². The van der Waals surface area contributed by atoms with Gasteiger partial charge in [0.05, 0.1) is 6.21 Å². The van der Waals surface area contributed by atoms with Crippen molar-refractivity contribution in [3.63, 3.8) is 0 Å². The predicted molar refractivity (Wildman–Crippen MR) is 75.4 cm³/mol. The number of nitrogens with one attached hydrogen (secondary N) is 1. The second-order valence-corrected chi connectivity index (χ2v) is 4.61. The first kappa shape index (κ1) is 12.9. The third kappa shape index (κ3) is 4.03. The van der Waals surface area contributed by atoms with E-state index in [1.165, 1.54) is 25.7 Å². The van der Waals surface area contributed by atoms with Crippen molar-refractivity contribution in [2.75, 3.05) is 13.1 Å². The van der Waals surface area contributed by atoms with Gasteiger partial charge in [0.1, 0.15) is 5.69 Å². The molecule has 2 heterocycles. The number of aromatic nitrogens is 2. The van der Waals surface area contributed by atoms with Gasteiger partial charge in [-0.2, -0.15) is 10.2 Å². The fourth-order valence-electron chi connectivity index (χ4n) is 1.88. The summed E-state index contributed by atoms with van der Waals surface area (Å²) in [5, 5.41) is 12.5. The summed E-state index contributed by atoms with van der Waals surface area (Å²) in [4.78, 5) is 2.18. The molecule has 18 heavy (non-hydrogen) atoms. The molecule has 1 N–H and O–H groups in total. The molecule has 0 bridgehead atoms. The Morgan fingerprint density at radius 1 is 1.33 bits per heavy atom. The van der Waals surface area contributed by atoms with Crippen molar-refractivity contribution in [3.8, 4) is 0 Å². The molecule has 1 fully saturated rings. The quantitative estimate of drug-likeness (QED) is 0.498. The molecule has 0 radical (unpaired) electrons. The second kappa shape index (κ2) is 7.00. The normalized spacial score (nSPS) is 16.6. The van der Waals surface area contributed by atoms with Crippen LogP contribution in [0.2, 0.25) is 0 Å². The van der Waals surface area contributed by atoms with Crippen molar-refractivity contribution in [3.05, 3.63) is 24.0 Å². The summed E-state index contributed by atoms with van der Waals surface area (Å²) < 4.78 is 0. The van der Waals surface area contributed by atoms with E-state index in [-0.39, 0.29) is 0 Å². The van der Waals surface area contributed by atoms with Crippen molar-refractivity contribution in [2.45, 2.75) is 25.7 Å². The number of nitrogens with zero attached hydrogens (tertiary/aromatic N) is 4. The molecule has 2 rings (SSSR count). The van der Waals surface area contributed by atoms with E-state index in [2.05, 4.69) is 25.6 Å². The van der Waals surface area contributed by atoms with Crippen LogP contribution < -0.4 is 5.43 Å². The lowest BCUT2D eigenvalue weighted by atomic mass is 10.2. The van der Waals surface area contributed by atoms with Gasteiger partial charge in [-0.25, -0.2) is 0 Å². The molecular weight excluding hydrogens is 246 g/mol. The fourth-order valence-corrected chi connectivity index (χ4v) is 2.12. The summed E-state index contributed by atoms with van der Waals surface area (Å²) in [5.41, 5.74) is 3.60. The third-order valence-corrected chi connectivity index (χ3v) is 3.19. The first-order chi connectivity index (χ1) is 8.86. The Kier molecular flexibility index (Phi) is 5.01. The van der Waals surface area contributed by atoms with E-state index in [9.17, 15) is 0 Å². The summed E-state index contributed by atoms with van der Waals surface area (Å²) in [5.74, 6) is 0. The maximum absolute atomic E-state index is 5.31. The summed E-state index contributed by atoms with van der Waals surface area (Å²) >= 11 is 5.31. The van der Waals surface area contributed by atoms with Crippen LogP contribution in [0.1, 0.15) is 31.4 Å². The van der Waals surface area contributed by atoms with E-state index >= 15 is 0 Å². The van der Waals surface area contributed by atoms with E-state index < -0.39 is 0 Å². The average Bonchev–Trinajstić information content (AvgIpc) is 2.69. The van der Waals surface area contributed by atoms with Crippen LogP contribution in [0.25, 0.3) is 0 Å². The molecule has 0 unspecified atom stereocenters. The summed E-state index contributed by atoms with van der Waals surface area (Å²) in [6.45, 7) is 2.04. The smallest absolute Gasteiger partial charge is 0.189 e. The molecule has 1 aromatic rings. The highest BCUT2D eigenvalue weighted by Crippen LogP contribution is 2.09. The van der Waals surface area contributed by atoms with Crippen LogP contribution in [-0.4, -0.2) is 39.5 Å². The average molecular weight is 263 g/mol. The van der Waals surface area contributed by atoms with E-state index in [4.69, 9.17) is 12.2 Å². The molecule has 5 nitrogen and oxygen atoms in total. The van der Waals surface area contributed by atoms with Crippen molar-refractivity contribution in [1.29, 1.82) is 0 Å². The first-order valence-electron chi connectivity index (χ1n) is 6.22. The molecule has 0 aromatic carbocycles. The topological polar surface area (TPSA) is 53.4 Å². The predicted octanol–water partition coefficient (Wildman–Crippen LogP) is 1.56. The SMILES string of the molecule is S=C(N/N=C/c1cccnn1)N1CCCCCC1. The van der Waals surface area contributed by atoms with Gasteiger partial charge >= 0.3 is 0 Å². The van der Waals surface area contributed by atoms with Gasteiger partial charge in [-0.3, -0.25) is 5.43 Å². The molecule has 1 aliphatic heterocycles. The van der Waals surface area contributed by atoms with E-state index in [0.29, 0.717) is 10.8 Å². The van der Waals surface area contributed by atoms with Gasteiger partial charge in [0.2, 0.25) is 0 Å². The lowest BCUT2D eigenvalue weighted by molar-refractivity contribution is 0.428. The van der Waals surface area contributed by atoms with E-state index in [0.717, 1.165) is 13.1 Å². The summed E-state index contributed by atoms with van der Waals surface area (Å²) in [6, 6.07) is 3.66. The number of hydrogen-bond acceptors (Lipinski definition) is 4. The Bertz CT molecular complexity index is 398. The molecule has 0 spiro atoms. The van der Waals surface area contributed by atoms with Gasteiger partial charge in [0, 0.05) is 19.3 Å². The van der Waals surface area contributed by atoms with Crippen molar-refractivity contribution in [1.82, 2.24) is 20.5 Å². The highest BCUT2D eigenvalue weighted by Gasteiger charge is 2.11. The molecular formula is C12H17N5S. The zero-order valence-electron chi connectivity index (χ0n) is 10.2. The Hall–Kier alpha value is -1.56. The second-order valence-electron chi connectivity index (χ2n) is 4.22. The van der Waals surface area contributed by atoms with Crippen molar-refractivity contribution >= 4 is 23.5 Å². The minimum atomic E-state index is 0.692. The van der Waals surface area contributed by atoms with Gasteiger partial charge in [0.25, 0.3) is 0 Å². The first-order valence-corrected chi connectivity index (χ1v) is 6.63. The Balaban J connectivity index is 1.82. The molecule has 1 aliphatic rings. The Morgan fingerprint density at radius 3 is 2.78 bits per heavy atom. The van der Waals surface area contributed by atoms with Gasteiger partial charge in [-0.1, -0.05) is 12.8 Å². The fraction of sp³-hybridized carbons (Fsp3) is 0.500. The van der Waals surface area contributed by atoms with Crippen LogP contribution in [0.5, 0.6) is 0 Å². The van der Waals surface area contributed by atoms with Crippen molar-refractivity contribution in [2.24, 2.45) is 5.10 Å².